The van der Waals surface area contributed by atoms with E-state index in [1.165, 1.54) is 6.92 Å². The number of carboxylic acids is 1. The lowest BCUT2D eigenvalue weighted by molar-refractivity contribution is -0.136. The third-order valence-electron chi connectivity index (χ3n) is 3.47. The molecule has 0 radical (unpaired) electrons. The van der Waals surface area contributed by atoms with Crippen LogP contribution in [0.4, 0.5) is 11.4 Å². The molecular formula is C18H17ClN2O4. The Hall–Kier alpha value is -2.86. The van der Waals surface area contributed by atoms with Gasteiger partial charge in [0.15, 0.2) is 5.78 Å². The zero-order valence-corrected chi connectivity index (χ0v) is 14.3. The first-order valence-electron chi connectivity index (χ1n) is 7.50. The number of anilines is 2. The largest absolute Gasteiger partial charge is 0.480 e. The fraction of sp³-hybridized carbons (Fsp3) is 0.167. The van der Waals surface area contributed by atoms with Crippen LogP contribution in [-0.4, -0.2) is 35.9 Å². The van der Waals surface area contributed by atoms with Crippen molar-refractivity contribution in [1.29, 1.82) is 0 Å². The number of carbonyl (C=O) groups excluding carboxylic acids is 2. The van der Waals surface area contributed by atoms with Crippen molar-refractivity contribution in [3.8, 4) is 0 Å². The van der Waals surface area contributed by atoms with Crippen LogP contribution in [0.3, 0.4) is 0 Å². The molecule has 0 atom stereocenters. The highest BCUT2D eigenvalue weighted by atomic mass is 35.5. The number of aliphatic carboxylic acids is 1. The van der Waals surface area contributed by atoms with Crippen LogP contribution in [0.25, 0.3) is 0 Å². The second kappa shape index (κ2) is 8.30. The van der Waals surface area contributed by atoms with Crippen LogP contribution in [0.5, 0.6) is 0 Å². The number of halogens is 1. The fourth-order valence-electron chi connectivity index (χ4n) is 2.29. The number of carboxylic acid groups (broad SMARTS) is 1. The fourth-order valence-corrected chi connectivity index (χ4v) is 2.42. The van der Waals surface area contributed by atoms with Gasteiger partial charge in [-0.3, -0.25) is 19.3 Å². The summed E-state index contributed by atoms with van der Waals surface area (Å²) in [5.41, 5.74) is 1.42. The van der Waals surface area contributed by atoms with Gasteiger partial charge in [-0.1, -0.05) is 23.7 Å². The zero-order valence-electron chi connectivity index (χ0n) is 13.5. The summed E-state index contributed by atoms with van der Waals surface area (Å²) >= 11 is 5.83. The highest BCUT2D eigenvalue weighted by molar-refractivity contribution is 6.30. The van der Waals surface area contributed by atoms with E-state index in [1.54, 1.807) is 48.5 Å². The van der Waals surface area contributed by atoms with Crippen molar-refractivity contribution >= 4 is 40.6 Å². The number of ketones is 1. The Kier molecular flexibility index (Phi) is 6.14. The number of hydrogen-bond donors (Lipinski definition) is 2. The molecule has 0 unspecified atom stereocenters. The van der Waals surface area contributed by atoms with Gasteiger partial charge in [0.05, 0.1) is 6.54 Å². The Morgan fingerprint density at radius 3 is 2.32 bits per heavy atom. The van der Waals surface area contributed by atoms with Crippen LogP contribution in [0.1, 0.15) is 17.3 Å². The Labute approximate surface area is 150 Å². The average molecular weight is 361 g/mol. The molecule has 2 aromatic carbocycles. The predicted octanol–water partition coefficient (Wildman–Crippen LogP) is 3.07. The van der Waals surface area contributed by atoms with Crippen molar-refractivity contribution in [2.45, 2.75) is 6.92 Å². The molecule has 1 amide bonds. The maximum atomic E-state index is 12.5. The van der Waals surface area contributed by atoms with Crippen molar-refractivity contribution in [2.75, 3.05) is 23.3 Å². The van der Waals surface area contributed by atoms with Gasteiger partial charge in [-0.05, 0) is 43.3 Å². The number of nitrogens with one attached hydrogen (secondary N) is 1. The quantitative estimate of drug-likeness (QED) is 0.741. The summed E-state index contributed by atoms with van der Waals surface area (Å²) in [5.74, 6) is -1.70. The lowest BCUT2D eigenvalue weighted by Crippen LogP contribution is -2.39. The molecule has 0 bridgehead atoms. The summed E-state index contributed by atoms with van der Waals surface area (Å²) < 4.78 is 0. The van der Waals surface area contributed by atoms with Gasteiger partial charge in [-0.25, -0.2) is 0 Å². The minimum atomic E-state index is -1.13. The maximum Gasteiger partial charge on any atom is 0.323 e. The van der Waals surface area contributed by atoms with E-state index in [9.17, 15) is 14.4 Å². The van der Waals surface area contributed by atoms with E-state index in [4.69, 9.17) is 16.7 Å². The summed E-state index contributed by atoms with van der Waals surface area (Å²) in [6, 6.07) is 13.1. The van der Waals surface area contributed by atoms with E-state index in [0.717, 1.165) is 4.90 Å². The molecule has 2 aromatic rings. The smallest absolute Gasteiger partial charge is 0.323 e. The van der Waals surface area contributed by atoms with E-state index in [2.05, 4.69) is 5.32 Å². The van der Waals surface area contributed by atoms with Crippen LogP contribution in [0, 0.1) is 0 Å². The van der Waals surface area contributed by atoms with Gasteiger partial charge < -0.3 is 10.4 Å². The van der Waals surface area contributed by atoms with Gasteiger partial charge in [-0.2, -0.15) is 0 Å². The molecule has 0 saturated heterocycles. The second-order valence-corrected chi connectivity index (χ2v) is 5.74. The number of para-hydroxylation sites is 1. The van der Waals surface area contributed by atoms with E-state index in [-0.39, 0.29) is 12.3 Å². The first kappa shape index (κ1) is 18.5. The van der Waals surface area contributed by atoms with E-state index >= 15 is 0 Å². The molecular weight excluding hydrogens is 344 g/mol. The number of nitrogens with zero attached hydrogens (tertiary/aromatic N) is 1. The van der Waals surface area contributed by atoms with E-state index in [0.29, 0.717) is 22.0 Å². The number of rotatable bonds is 7. The predicted molar refractivity (Wildman–Crippen MR) is 96.4 cm³/mol. The van der Waals surface area contributed by atoms with Crippen molar-refractivity contribution < 1.29 is 19.5 Å². The van der Waals surface area contributed by atoms with Gasteiger partial charge in [0.1, 0.15) is 6.54 Å². The SMILES string of the molecule is CC(=O)c1ccccc1NCC(=O)N(CC(=O)O)c1ccc(Cl)cc1. The molecule has 0 aliphatic rings. The first-order valence-corrected chi connectivity index (χ1v) is 7.88. The van der Waals surface area contributed by atoms with Crippen LogP contribution < -0.4 is 10.2 Å². The molecule has 25 heavy (non-hydrogen) atoms. The summed E-state index contributed by atoms with van der Waals surface area (Å²) in [6.45, 7) is 0.809. The van der Waals surface area contributed by atoms with Gasteiger partial charge in [0, 0.05) is 22.0 Å². The molecule has 0 spiro atoms. The van der Waals surface area contributed by atoms with Gasteiger partial charge in [0.25, 0.3) is 0 Å². The molecule has 0 aromatic heterocycles. The van der Waals surface area contributed by atoms with Crippen LogP contribution >= 0.6 is 11.6 Å². The second-order valence-electron chi connectivity index (χ2n) is 5.31. The van der Waals surface area contributed by atoms with Crippen LogP contribution in [0.15, 0.2) is 48.5 Å². The van der Waals surface area contributed by atoms with E-state index in [1.807, 2.05) is 0 Å². The molecule has 0 heterocycles. The Morgan fingerprint density at radius 1 is 1.08 bits per heavy atom. The molecule has 7 heteroatoms. The third kappa shape index (κ3) is 5.06. The highest BCUT2D eigenvalue weighted by Crippen LogP contribution is 2.19. The third-order valence-corrected chi connectivity index (χ3v) is 3.72. The molecule has 0 aliphatic carbocycles. The molecule has 130 valence electrons. The summed E-state index contributed by atoms with van der Waals surface area (Å²) in [4.78, 5) is 36.3. The topological polar surface area (TPSA) is 86.7 Å². The van der Waals surface area contributed by atoms with Crippen molar-refractivity contribution in [3.05, 3.63) is 59.1 Å². The molecule has 2 rings (SSSR count). The zero-order chi connectivity index (χ0) is 18.4. The summed E-state index contributed by atoms with van der Waals surface area (Å²) in [6.07, 6.45) is 0. The maximum absolute atomic E-state index is 12.5. The normalized spacial score (nSPS) is 10.2. The van der Waals surface area contributed by atoms with Gasteiger partial charge >= 0.3 is 5.97 Å². The monoisotopic (exact) mass is 360 g/mol. The van der Waals surface area contributed by atoms with Crippen LogP contribution in [-0.2, 0) is 9.59 Å². The lowest BCUT2D eigenvalue weighted by atomic mass is 10.1. The van der Waals surface area contributed by atoms with Gasteiger partial charge in [0.2, 0.25) is 5.91 Å². The van der Waals surface area contributed by atoms with E-state index < -0.39 is 18.4 Å². The molecule has 0 fully saturated rings. The molecule has 0 aliphatic heterocycles. The summed E-state index contributed by atoms with van der Waals surface area (Å²) in [7, 11) is 0. The first-order chi connectivity index (χ1) is 11.9. The lowest BCUT2D eigenvalue weighted by Gasteiger charge is -2.21. The Morgan fingerprint density at radius 2 is 1.72 bits per heavy atom. The Bertz CT molecular complexity index is 790. The number of carbonyl (C=O) groups is 3. The standard InChI is InChI=1S/C18H17ClN2O4/c1-12(22)15-4-2-3-5-16(15)20-10-17(23)21(11-18(24)25)14-8-6-13(19)7-9-14/h2-9,20H,10-11H2,1H3,(H,24,25). The van der Waals surface area contributed by atoms with Crippen LogP contribution in [0.2, 0.25) is 5.02 Å². The Balaban J connectivity index is 2.16. The number of hydrogen-bond acceptors (Lipinski definition) is 4. The number of benzene rings is 2. The molecule has 0 saturated carbocycles. The molecule has 6 nitrogen and oxygen atoms in total. The summed E-state index contributed by atoms with van der Waals surface area (Å²) in [5, 5.41) is 12.5. The highest BCUT2D eigenvalue weighted by Gasteiger charge is 2.19. The molecule has 2 N–H and O–H groups in total. The minimum Gasteiger partial charge on any atom is -0.480 e. The van der Waals surface area contributed by atoms with Crippen molar-refractivity contribution in [1.82, 2.24) is 0 Å². The van der Waals surface area contributed by atoms with Gasteiger partial charge in [-0.15, -0.1) is 0 Å². The van der Waals surface area contributed by atoms with Crippen molar-refractivity contribution in [2.24, 2.45) is 0 Å². The van der Waals surface area contributed by atoms with Crippen molar-refractivity contribution in [3.63, 3.8) is 0 Å². The minimum absolute atomic E-state index is 0.129. The number of amides is 1. The average Bonchev–Trinajstić information content (AvgIpc) is 2.58. The number of Topliss-reactive ketones (excluding diaryl/α,β-unsaturated/α-hetero) is 1.